The molecule has 0 unspecified atom stereocenters. The van der Waals surface area contributed by atoms with Gasteiger partial charge in [0.15, 0.2) is 0 Å². The molecule has 1 saturated heterocycles. The molecule has 2 aromatic heterocycles. The zero-order valence-electron chi connectivity index (χ0n) is 19.3. The third-order valence-electron chi connectivity index (χ3n) is 5.82. The van der Waals surface area contributed by atoms with Gasteiger partial charge in [0.1, 0.15) is 5.75 Å². The summed E-state index contributed by atoms with van der Waals surface area (Å²) in [6.07, 6.45) is 3.33. The smallest absolute Gasteiger partial charge is 0.246 e. The fraction of sp³-hybridized carbons (Fsp3) is 0.435. The van der Waals surface area contributed by atoms with Crippen LogP contribution in [-0.2, 0) is 27.8 Å². The summed E-state index contributed by atoms with van der Waals surface area (Å²) < 4.78 is 38.4. The Labute approximate surface area is 203 Å². The Bertz CT molecular complexity index is 1220. The van der Waals surface area contributed by atoms with Crippen LogP contribution in [0, 0.1) is 0 Å². The van der Waals surface area contributed by atoms with Gasteiger partial charge in [0.2, 0.25) is 27.6 Å². The minimum absolute atomic E-state index is 0.123. The monoisotopic (exact) mass is 504 g/mol. The molecular formula is C23H28N4O5S2. The minimum atomic E-state index is -3.57. The van der Waals surface area contributed by atoms with Crippen molar-refractivity contribution in [1.82, 2.24) is 19.3 Å². The Morgan fingerprint density at radius 2 is 2.03 bits per heavy atom. The van der Waals surface area contributed by atoms with Crippen molar-refractivity contribution in [3.8, 4) is 16.5 Å². The zero-order valence-corrected chi connectivity index (χ0v) is 20.9. The molecule has 1 aliphatic heterocycles. The van der Waals surface area contributed by atoms with Crippen LogP contribution in [0.15, 0.2) is 45.1 Å². The molecule has 0 N–H and O–H groups in total. The number of hydrogen-bond acceptors (Lipinski definition) is 8. The van der Waals surface area contributed by atoms with E-state index in [0.717, 1.165) is 24.1 Å². The lowest BCUT2D eigenvalue weighted by Crippen LogP contribution is -2.35. The van der Waals surface area contributed by atoms with Crippen molar-refractivity contribution < 1.29 is 22.5 Å². The number of sulfonamides is 1. The number of carbonyl (C=O) groups is 1. The SMILES string of the molecule is COc1ccc(S(=O)(=O)N2CCCCC2)cc1CCC(=O)N(C)Cc1nc(-c2cccs2)no1. The van der Waals surface area contributed by atoms with Gasteiger partial charge < -0.3 is 14.2 Å². The van der Waals surface area contributed by atoms with Gasteiger partial charge >= 0.3 is 0 Å². The third kappa shape index (κ3) is 5.48. The lowest BCUT2D eigenvalue weighted by Gasteiger charge is -2.26. The summed E-state index contributed by atoms with van der Waals surface area (Å²) in [6.45, 7) is 1.27. The van der Waals surface area contributed by atoms with Crippen LogP contribution in [0.4, 0.5) is 0 Å². The molecule has 9 nitrogen and oxygen atoms in total. The van der Waals surface area contributed by atoms with Crippen LogP contribution < -0.4 is 4.74 Å². The van der Waals surface area contributed by atoms with E-state index >= 15 is 0 Å². The highest BCUT2D eigenvalue weighted by Crippen LogP contribution is 2.27. The summed E-state index contributed by atoms with van der Waals surface area (Å²) in [4.78, 5) is 19.8. The van der Waals surface area contributed by atoms with Crippen molar-refractivity contribution in [1.29, 1.82) is 0 Å². The molecule has 0 bridgehead atoms. The van der Waals surface area contributed by atoms with Crippen LogP contribution in [0.1, 0.15) is 37.1 Å². The van der Waals surface area contributed by atoms with Crippen molar-refractivity contribution in [3.63, 3.8) is 0 Å². The molecule has 1 aromatic carbocycles. The Morgan fingerprint density at radius 1 is 1.24 bits per heavy atom. The van der Waals surface area contributed by atoms with Gasteiger partial charge in [0.05, 0.1) is 23.4 Å². The molecule has 1 amide bonds. The topological polar surface area (TPSA) is 106 Å². The Kier molecular flexibility index (Phi) is 7.64. The van der Waals surface area contributed by atoms with Gasteiger partial charge in [-0.1, -0.05) is 17.6 Å². The molecule has 3 heterocycles. The van der Waals surface area contributed by atoms with E-state index in [-0.39, 0.29) is 23.8 Å². The number of methoxy groups -OCH3 is 1. The molecule has 11 heteroatoms. The van der Waals surface area contributed by atoms with Crippen molar-refractivity contribution in [3.05, 3.63) is 47.2 Å². The van der Waals surface area contributed by atoms with Gasteiger partial charge in [-0.25, -0.2) is 8.42 Å². The van der Waals surface area contributed by atoms with E-state index in [1.807, 2.05) is 17.5 Å². The Hall–Kier alpha value is -2.76. The first-order chi connectivity index (χ1) is 16.4. The number of carbonyl (C=O) groups excluding carboxylic acids is 1. The number of benzene rings is 1. The van der Waals surface area contributed by atoms with Crippen LogP contribution in [0.25, 0.3) is 10.7 Å². The largest absolute Gasteiger partial charge is 0.496 e. The fourth-order valence-corrected chi connectivity index (χ4v) is 6.13. The number of ether oxygens (including phenoxy) is 1. The highest BCUT2D eigenvalue weighted by atomic mass is 32.2. The molecule has 0 aliphatic carbocycles. The Balaban J connectivity index is 1.40. The predicted molar refractivity (Wildman–Crippen MR) is 128 cm³/mol. The van der Waals surface area contributed by atoms with Gasteiger partial charge in [-0.2, -0.15) is 9.29 Å². The maximum Gasteiger partial charge on any atom is 0.246 e. The quantitative estimate of drug-likeness (QED) is 0.439. The first-order valence-corrected chi connectivity index (χ1v) is 13.5. The van der Waals surface area contributed by atoms with Crippen molar-refractivity contribution in [2.45, 2.75) is 43.5 Å². The van der Waals surface area contributed by atoms with E-state index in [1.54, 1.807) is 25.2 Å². The number of amides is 1. The van der Waals surface area contributed by atoms with Gasteiger partial charge in [0, 0.05) is 26.6 Å². The van der Waals surface area contributed by atoms with Gasteiger partial charge in [-0.3, -0.25) is 4.79 Å². The number of piperidine rings is 1. The highest BCUT2D eigenvalue weighted by molar-refractivity contribution is 7.89. The molecule has 34 heavy (non-hydrogen) atoms. The average molecular weight is 505 g/mol. The van der Waals surface area contributed by atoms with E-state index in [2.05, 4.69) is 10.1 Å². The fourth-order valence-electron chi connectivity index (χ4n) is 3.91. The van der Waals surface area contributed by atoms with Crippen LogP contribution in [-0.4, -0.2) is 60.9 Å². The second-order valence-electron chi connectivity index (χ2n) is 8.18. The second kappa shape index (κ2) is 10.7. The molecule has 0 spiro atoms. The molecule has 182 valence electrons. The van der Waals surface area contributed by atoms with Gasteiger partial charge in [0.25, 0.3) is 0 Å². The molecule has 0 saturated carbocycles. The van der Waals surface area contributed by atoms with Crippen LogP contribution in [0.2, 0.25) is 0 Å². The summed E-state index contributed by atoms with van der Waals surface area (Å²) >= 11 is 1.51. The lowest BCUT2D eigenvalue weighted by atomic mass is 10.1. The first-order valence-electron chi connectivity index (χ1n) is 11.2. The third-order valence-corrected chi connectivity index (χ3v) is 8.58. The number of thiophene rings is 1. The van der Waals surface area contributed by atoms with Gasteiger partial charge in [-0.05, 0) is 54.5 Å². The van der Waals surface area contributed by atoms with E-state index in [0.29, 0.717) is 42.5 Å². The number of hydrogen-bond donors (Lipinski definition) is 0. The molecule has 1 fully saturated rings. The highest BCUT2D eigenvalue weighted by Gasteiger charge is 2.27. The van der Waals surface area contributed by atoms with Crippen molar-refractivity contribution in [2.75, 3.05) is 27.2 Å². The molecular weight excluding hydrogens is 476 g/mol. The van der Waals surface area contributed by atoms with E-state index in [1.165, 1.54) is 27.7 Å². The number of nitrogens with zero attached hydrogens (tertiary/aromatic N) is 4. The number of aryl methyl sites for hydroxylation is 1. The standard InChI is InChI=1S/C23H28N4O5S2/c1-26(16-21-24-23(25-32-21)20-7-6-14-33-20)22(28)11-8-17-15-18(9-10-19(17)31-2)34(29,30)27-12-4-3-5-13-27/h6-7,9-10,14-15H,3-5,8,11-13,16H2,1-2H3. The second-order valence-corrected chi connectivity index (χ2v) is 11.1. The van der Waals surface area contributed by atoms with E-state index in [4.69, 9.17) is 9.26 Å². The van der Waals surface area contributed by atoms with Crippen molar-refractivity contribution in [2.24, 2.45) is 0 Å². The summed E-state index contributed by atoms with van der Waals surface area (Å²) in [5.41, 5.74) is 0.681. The van der Waals surface area contributed by atoms with Crippen LogP contribution >= 0.6 is 11.3 Å². The van der Waals surface area contributed by atoms with Crippen molar-refractivity contribution >= 4 is 27.3 Å². The first kappa shape index (κ1) is 24.4. The molecule has 0 atom stereocenters. The maximum atomic E-state index is 13.1. The average Bonchev–Trinajstić information content (AvgIpc) is 3.55. The zero-order chi connectivity index (χ0) is 24.1. The summed E-state index contributed by atoms with van der Waals surface area (Å²) in [5.74, 6) is 1.29. The summed E-state index contributed by atoms with van der Waals surface area (Å²) in [7, 11) is -0.359. The maximum absolute atomic E-state index is 13.1. The molecule has 0 radical (unpaired) electrons. The van der Waals surface area contributed by atoms with E-state index in [9.17, 15) is 13.2 Å². The predicted octanol–water partition coefficient (Wildman–Crippen LogP) is 3.57. The summed E-state index contributed by atoms with van der Waals surface area (Å²) in [6, 6.07) is 8.67. The van der Waals surface area contributed by atoms with Crippen LogP contribution in [0.3, 0.4) is 0 Å². The normalized spacial score (nSPS) is 14.8. The van der Waals surface area contributed by atoms with Gasteiger partial charge in [-0.15, -0.1) is 11.3 Å². The minimum Gasteiger partial charge on any atom is -0.496 e. The molecule has 4 rings (SSSR count). The van der Waals surface area contributed by atoms with E-state index < -0.39 is 10.0 Å². The molecule has 1 aliphatic rings. The summed E-state index contributed by atoms with van der Waals surface area (Å²) in [5, 5.41) is 5.90. The number of aromatic nitrogens is 2. The number of rotatable bonds is 9. The molecule has 3 aromatic rings. The van der Waals surface area contributed by atoms with Crippen LogP contribution in [0.5, 0.6) is 5.75 Å². The Morgan fingerprint density at radius 3 is 2.74 bits per heavy atom. The lowest BCUT2D eigenvalue weighted by molar-refractivity contribution is -0.130.